The zero-order valence-electron chi connectivity index (χ0n) is 16.2. The minimum absolute atomic E-state index is 0.0286. The topological polar surface area (TPSA) is 97.5 Å². The van der Waals surface area contributed by atoms with Crippen LogP contribution in [-0.2, 0) is 7.05 Å². The third kappa shape index (κ3) is 2.79. The number of aryl methyl sites for hydroxylation is 1. The number of urea groups is 1. The molecule has 0 atom stereocenters. The first-order valence-corrected chi connectivity index (χ1v) is 9.44. The molecule has 2 fully saturated rings. The van der Waals surface area contributed by atoms with E-state index in [4.69, 9.17) is 4.74 Å². The van der Waals surface area contributed by atoms with Gasteiger partial charge in [0.25, 0.3) is 5.91 Å². The van der Waals surface area contributed by atoms with Crippen LogP contribution in [0.4, 0.5) is 10.5 Å². The Morgan fingerprint density at radius 1 is 1.31 bits per heavy atom. The molecule has 3 amide bonds. The lowest BCUT2D eigenvalue weighted by Gasteiger charge is -2.39. The monoisotopic (exact) mass is 395 g/mol. The zero-order chi connectivity index (χ0) is 20.1. The third-order valence-electron chi connectivity index (χ3n) is 5.50. The fourth-order valence-corrected chi connectivity index (χ4v) is 3.91. The van der Waals surface area contributed by atoms with E-state index in [9.17, 15) is 9.59 Å². The first-order valence-electron chi connectivity index (χ1n) is 9.44. The van der Waals surface area contributed by atoms with Crippen LogP contribution in [0.15, 0.2) is 30.6 Å². The fourth-order valence-electron chi connectivity index (χ4n) is 3.91. The van der Waals surface area contributed by atoms with E-state index in [-0.39, 0.29) is 18.0 Å². The minimum atomic E-state index is -0.100. The molecule has 2 saturated heterocycles. The predicted octanol–water partition coefficient (Wildman–Crippen LogP) is 1.01. The molecule has 10 heteroatoms. The number of fused-ring (bicyclic) bond motifs is 1. The van der Waals surface area contributed by atoms with E-state index in [1.54, 1.807) is 39.9 Å². The van der Waals surface area contributed by atoms with Crippen LogP contribution in [0.25, 0.3) is 10.9 Å². The summed E-state index contributed by atoms with van der Waals surface area (Å²) in [6, 6.07) is 5.48. The fraction of sp³-hybridized carbons (Fsp3) is 0.368. The van der Waals surface area contributed by atoms with Gasteiger partial charge < -0.3 is 15.0 Å². The zero-order valence-corrected chi connectivity index (χ0v) is 16.2. The van der Waals surface area contributed by atoms with Crippen LogP contribution >= 0.6 is 0 Å². The molecule has 10 nitrogen and oxygen atoms in total. The molecule has 0 bridgehead atoms. The highest BCUT2D eigenvalue weighted by Crippen LogP contribution is 2.28. The van der Waals surface area contributed by atoms with Gasteiger partial charge in [0, 0.05) is 45.0 Å². The molecule has 2 aromatic heterocycles. The van der Waals surface area contributed by atoms with Crippen molar-refractivity contribution in [2.75, 3.05) is 38.2 Å². The maximum atomic E-state index is 12.8. The van der Waals surface area contributed by atoms with Crippen LogP contribution in [0.3, 0.4) is 0 Å². The molecule has 2 aliphatic rings. The molecule has 3 aromatic rings. The Labute approximate surface area is 166 Å². The Morgan fingerprint density at radius 2 is 2.14 bits per heavy atom. The summed E-state index contributed by atoms with van der Waals surface area (Å²) in [6.07, 6.45) is 3.56. The van der Waals surface area contributed by atoms with E-state index in [2.05, 4.69) is 15.5 Å². The highest BCUT2D eigenvalue weighted by Gasteiger charge is 2.34. The first kappa shape index (κ1) is 17.5. The normalized spacial score (nSPS) is 17.0. The van der Waals surface area contributed by atoms with E-state index in [0.717, 1.165) is 16.6 Å². The van der Waals surface area contributed by atoms with E-state index in [0.29, 0.717) is 37.6 Å². The van der Waals surface area contributed by atoms with Crippen molar-refractivity contribution >= 4 is 28.5 Å². The smallest absolute Gasteiger partial charge is 0.322 e. The lowest BCUT2D eigenvalue weighted by Crippen LogP contribution is -2.50. The second-order valence-corrected chi connectivity index (χ2v) is 7.29. The van der Waals surface area contributed by atoms with Crippen LogP contribution < -0.4 is 15.0 Å². The van der Waals surface area contributed by atoms with Gasteiger partial charge >= 0.3 is 6.03 Å². The predicted molar refractivity (Wildman–Crippen MR) is 105 cm³/mol. The number of nitrogens with one attached hydrogen (secondary N) is 1. The van der Waals surface area contributed by atoms with Crippen molar-refractivity contribution in [2.24, 2.45) is 7.05 Å². The van der Waals surface area contributed by atoms with Gasteiger partial charge in [0.1, 0.15) is 0 Å². The van der Waals surface area contributed by atoms with Crippen LogP contribution in [0.5, 0.6) is 5.88 Å². The number of carbonyl (C=O) groups excluding carboxylic acids is 2. The van der Waals surface area contributed by atoms with Gasteiger partial charge in [0.05, 0.1) is 35.9 Å². The van der Waals surface area contributed by atoms with E-state index in [1.807, 2.05) is 24.0 Å². The van der Waals surface area contributed by atoms with Gasteiger partial charge in [0.2, 0.25) is 5.88 Å². The van der Waals surface area contributed by atoms with E-state index < -0.39 is 0 Å². The number of hydrogen-bond acceptors (Lipinski definition) is 5. The van der Waals surface area contributed by atoms with Gasteiger partial charge in [-0.05, 0) is 18.2 Å². The molecular formula is C19H21N7O3. The van der Waals surface area contributed by atoms with Gasteiger partial charge in [-0.15, -0.1) is 0 Å². The summed E-state index contributed by atoms with van der Waals surface area (Å²) in [5, 5.41) is 12.4. The number of likely N-dealkylation sites (tertiary alicyclic amines) is 1. The standard InChI is InChI=1S/C19H21N7O3/c1-23-18(29-2)15-4-3-12(7-16(15)22-23)17(27)24-9-14(10-24)26-11-13(8-21-26)25-6-5-20-19(25)28/h3-4,7-8,11,14H,5-6,9-10H2,1-2H3,(H,20,28). The molecule has 0 unspecified atom stereocenters. The number of anilines is 1. The number of aromatic nitrogens is 4. The molecule has 1 aromatic carbocycles. The van der Waals surface area contributed by atoms with Crippen molar-refractivity contribution in [1.29, 1.82) is 0 Å². The maximum Gasteiger partial charge on any atom is 0.322 e. The molecule has 1 N–H and O–H groups in total. The van der Waals surface area contributed by atoms with Crippen LogP contribution in [-0.4, -0.2) is 69.7 Å². The lowest BCUT2D eigenvalue weighted by atomic mass is 10.1. The van der Waals surface area contributed by atoms with Crippen molar-refractivity contribution in [2.45, 2.75) is 6.04 Å². The van der Waals surface area contributed by atoms with Crippen molar-refractivity contribution < 1.29 is 14.3 Å². The summed E-state index contributed by atoms with van der Waals surface area (Å²) in [6.45, 7) is 2.44. The Kier molecular flexibility index (Phi) is 3.93. The van der Waals surface area contributed by atoms with E-state index >= 15 is 0 Å². The van der Waals surface area contributed by atoms with Gasteiger partial charge in [-0.1, -0.05) is 0 Å². The minimum Gasteiger partial charge on any atom is -0.481 e. The molecule has 0 aliphatic carbocycles. The summed E-state index contributed by atoms with van der Waals surface area (Å²) in [5.74, 6) is 0.642. The molecule has 29 heavy (non-hydrogen) atoms. The Balaban J connectivity index is 1.27. The van der Waals surface area contributed by atoms with Crippen LogP contribution in [0.1, 0.15) is 16.4 Å². The number of rotatable bonds is 4. The van der Waals surface area contributed by atoms with Gasteiger partial charge in [-0.25, -0.2) is 9.48 Å². The van der Waals surface area contributed by atoms with Crippen LogP contribution in [0, 0.1) is 0 Å². The number of nitrogens with zero attached hydrogens (tertiary/aromatic N) is 6. The quantitative estimate of drug-likeness (QED) is 0.711. The maximum absolute atomic E-state index is 12.8. The summed E-state index contributed by atoms with van der Waals surface area (Å²) in [7, 11) is 3.41. The van der Waals surface area contributed by atoms with E-state index in [1.165, 1.54) is 0 Å². The molecule has 0 saturated carbocycles. The summed E-state index contributed by atoms with van der Waals surface area (Å²) in [4.78, 5) is 28.1. The molecular weight excluding hydrogens is 374 g/mol. The highest BCUT2D eigenvalue weighted by atomic mass is 16.5. The summed E-state index contributed by atoms with van der Waals surface area (Å²) < 4.78 is 8.85. The number of ether oxygens (including phenoxy) is 1. The second kappa shape index (κ2) is 6.50. The van der Waals surface area contributed by atoms with Crippen LogP contribution in [0.2, 0.25) is 0 Å². The summed E-state index contributed by atoms with van der Waals surface area (Å²) >= 11 is 0. The number of benzene rings is 1. The number of amides is 3. The SMILES string of the molecule is COc1c2ccc(C(=O)N3CC(n4cc(N5CCNC5=O)cn4)C3)cc2nn1C. The average molecular weight is 395 g/mol. The number of methoxy groups -OCH3 is 1. The largest absolute Gasteiger partial charge is 0.481 e. The lowest BCUT2D eigenvalue weighted by molar-refractivity contribution is 0.0502. The molecule has 4 heterocycles. The van der Waals surface area contributed by atoms with Crippen molar-refractivity contribution in [3.8, 4) is 5.88 Å². The highest BCUT2D eigenvalue weighted by molar-refractivity contribution is 5.99. The molecule has 5 rings (SSSR count). The van der Waals surface area contributed by atoms with Gasteiger partial charge in [-0.3, -0.25) is 14.4 Å². The third-order valence-corrected chi connectivity index (χ3v) is 5.50. The van der Waals surface area contributed by atoms with Gasteiger partial charge in [-0.2, -0.15) is 10.2 Å². The number of carbonyl (C=O) groups is 2. The second-order valence-electron chi connectivity index (χ2n) is 7.29. The molecule has 2 aliphatic heterocycles. The molecule has 150 valence electrons. The first-order chi connectivity index (χ1) is 14.0. The van der Waals surface area contributed by atoms with Crippen molar-refractivity contribution in [3.63, 3.8) is 0 Å². The van der Waals surface area contributed by atoms with Crippen molar-refractivity contribution in [1.82, 2.24) is 29.8 Å². The Morgan fingerprint density at radius 3 is 2.86 bits per heavy atom. The summed E-state index contributed by atoms with van der Waals surface area (Å²) in [5.41, 5.74) is 2.11. The molecule has 0 spiro atoms. The van der Waals surface area contributed by atoms with Crippen molar-refractivity contribution in [3.05, 3.63) is 36.2 Å². The van der Waals surface area contributed by atoms with Gasteiger partial charge in [0.15, 0.2) is 0 Å². The average Bonchev–Trinajstić information content (AvgIpc) is 3.37. The number of hydrogen-bond donors (Lipinski definition) is 1. The Bertz CT molecular complexity index is 1110. The Hall–Kier alpha value is -3.56. The molecule has 0 radical (unpaired) electrons.